The predicted molar refractivity (Wildman–Crippen MR) is 177 cm³/mol. The van der Waals surface area contributed by atoms with Crippen LogP contribution >= 0.6 is 0 Å². The summed E-state index contributed by atoms with van der Waals surface area (Å²) in [4.78, 5) is 12.7. The van der Waals surface area contributed by atoms with Gasteiger partial charge in [-0.15, -0.1) is 0 Å². The Hall–Kier alpha value is -0.610. The molecule has 0 aromatic carbocycles. The maximum Gasteiger partial charge on any atom is 0.220 e. The molecule has 1 heterocycles. The molecule has 1 aliphatic heterocycles. The Balaban J connectivity index is 2.05. The first-order valence-electron chi connectivity index (χ1n) is 18.6. The first-order valence-corrected chi connectivity index (χ1v) is 18.6. The van der Waals surface area contributed by atoms with E-state index in [4.69, 9.17) is 9.47 Å². The van der Waals surface area contributed by atoms with Crippen molar-refractivity contribution in [1.82, 2.24) is 5.32 Å². The van der Waals surface area contributed by atoms with Crippen LogP contribution in [-0.2, 0) is 14.3 Å². The maximum atomic E-state index is 12.7. The maximum absolute atomic E-state index is 12.7. The molecule has 1 rings (SSSR count). The summed E-state index contributed by atoms with van der Waals surface area (Å²) in [7, 11) is 0. The van der Waals surface area contributed by atoms with E-state index < -0.39 is 5.79 Å². The van der Waals surface area contributed by atoms with Gasteiger partial charge in [0.15, 0.2) is 5.79 Å². The lowest BCUT2D eigenvalue weighted by Crippen LogP contribution is -2.55. The predicted octanol–water partition coefficient (Wildman–Crippen LogP) is 11.6. The third-order valence-electron chi connectivity index (χ3n) is 8.94. The lowest BCUT2D eigenvalue weighted by Gasteiger charge is -2.41. The molecule has 0 aliphatic carbocycles. The van der Waals surface area contributed by atoms with Crippen molar-refractivity contribution in [2.75, 3.05) is 6.61 Å². The van der Waals surface area contributed by atoms with Crippen LogP contribution in [0.3, 0.4) is 0 Å². The lowest BCUT2D eigenvalue weighted by molar-refractivity contribution is -0.283. The molecule has 4 heteroatoms. The number of ether oxygens (including phenoxy) is 2. The van der Waals surface area contributed by atoms with E-state index in [1.54, 1.807) is 0 Å². The van der Waals surface area contributed by atoms with E-state index in [0.717, 1.165) is 19.3 Å². The fraction of sp³-hybridized carbons (Fsp3) is 0.973. The molecule has 41 heavy (non-hydrogen) atoms. The first kappa shape index (κ1) is 38.4. The van der Waals surface area contributed by atoms with Crippen molar-refractivity contribution in [2.24, 2.45) is 0 Å². The van der Waals surface area contributed by atoms with Crippen molar-refractivity contribution >= 4 is 5.91 Å². The monoisotopic (exact) mass is 580 g/mol. The van der Waals surface area contributed by atoms with E-state index in [9.17, 15) is 4.79 Å². The molecule has 0 saturated carbocycles. The van der Waals surface area contributed by atoms with Gasteiger partial charge in [-0.2, -0.15) is 0 Å². The number of carbonyl (C=O) groups is 1. The fourth-order valence-electron chi connectivity index (χ4n) is 6.22. The van der Waals surface area contributed by atoms with E-state index >= 15 is 0 Å². The minimum atomic E-state index is -0.558. The highest BCUT2D eigenvalue weighted by atomic mass is 16.7. The Morgan fingerprint density at radius 3 is 1.37 bits per heavy atom. The Morgan fingerprint density at radius 1 is 0.585 bits per heavy atom. The van der Waals surface area contributed by atoms with Gasteiger partial charge in [0.25, 0.3) is 0 Å². The van der Waals surface area contributed by atoms with Gasteiger partial charge in [0, 0.05) is 6.42 Å². The molecule has 1 amide bonds. The quantitative estimate of drug-likeness (QED) is 0.0896. The third-order valence-corrected chi connectivity index (χ3v) is 8.94. The number of nitrogens with one attached hydrogen (secondary N) is 1. The van der Waals surface area contributed by atoms with Crippen LogP contribution in [0.1, 0.15) is 207 Å². The molecule has 1 aliphatic rings. The molecule has 0 aromatic rings. The number of amides is 1. The van der Waals surface area contributed by atoms with Gasteiger partial charge >= 0.3 is 0 Å². The van der Waals surface area contributed by atoms with Crippen LogP contribution in [0.25, 0.3) is 0 Å². The standard InChI is InChI=1S/C37H73NO3/c1-5-7-9-11-13-15-17-18-19-20-22-24-26-28-30-32-36(39)38-34-33-40-37(3,4)41-35(34)31-29-27-25-23-21-16-14-12-10-8-6-2/h34-35H,5-33H2,1-4H3,(H,38,39)/t34-,35+/m1/s1. The summed E-state index contributed by atoms with van der Waals surface area (Å²) in [5.74, 6) is -0.390. The molecule has 0 aromatic heterocycles. The second-order valence-corrected chi connectivity index (χ2v) is 13.6. The Morgan fingerprint density at radius 2 is 0.951 bits per heavy atom. The van der Waals surface area contributed by atoms with Crippen molar-refractivity contribution in [3.8, 4) is 0 Å². The average molecular weight is 580 g/mol. The second-order valence-electron chi connectivity index (χ2n) is 13.6. The van der Waals surface area contributed by atoms with E-state index in [1.165, 1.54) is 154 Å². The summed E-state index contributed by atoms with van der Waals surface area (Å²) in [5, 5.41) is 3.26. The highest BCUT2D eigenvalue weighted by molar-refractivity contribution is 5.76. The SMILES string of the molecule is CCCCCCCCCCCCCCCCCC(=O)N[C@@H]1COC(C)(C)O[C@H]1CCCCCCCCCCCCC. The lowest BCUT2D eigenvalue weighted by atomic mass is 10.00. The summed E-state index contributed by atoms with van der Waals surface area (Å²) < 4.78 is 12.2. The van der Waals surface area contributed by atoms with Crippen LogP contribution < -0.4 is 5.32 Å². The topological polar surface area (TPSA) is 47.6 Å². The second kappa shape index (κ2) is 27.0. The minimum absolute atomic E-state index is 0.0185. The fourth-order valence-corrected chi connectivity index (χ4v) is 6.22. The summed E-state index contributed by atoms with van der Waals surface area (Å²) in [6, 6.07) is -0.0185. The Labute approximate surface area is 257 Å². The van der Waals surface area contributed by atoms with Crippen molar-refractivity contribution < 1.29 is 14.3 Å². The van der Waals surface area contributed by atoms with Gasteiger partial charge in [0.05, 0.1) is 18.8 Å². The molecular formula is C37H73NO3. The molecule has 4 nitrogen and oxygen atoms in total. The van der Waals surface area contributed by atoms with Gasteiger partial charge in [-0.05, 0) is 26.7 Å². The van der Waals surface area contributed by atoms with Crippen molar-refractivity contribution in [3.63, 3.8) is 0 Å². The average Bonchev–Trinajstić information content (AvgIpc) is 2.95. The van der Waals surface area contributed by atoms with E-state index in [1.807, 2.05) is 13.8 Å². The van der Waals surface area contributed by atoms with Crippen molar-refractivity contribution in [1.29, 1.82) is 0 Å². The smallest absolute Gasteiger partial charge is 0.220 e. The number of rotatable bonds is 29. The molecule has 0 bridgehead atoms. The number of unbranched alkanes of at least 4 members (excludes halogenated alkanes) is 24. The number of hydrogen-bond acceptors (Lipinski definition) is 3. The van der Waals surface area contributed by atoms with E-state index in [-0.39, 0.29) is 18.1 Å². The summed E-state index contributed by atoms with van der Waals surface area (Å²) in [5.41, 5.74) is 0. The molecule has 0 spiro atoms. The zero-order valence-corrected chi connectivity index (χ0v) is 28.4. The Kier molecular flexibility index (Phi) is 25.3. The normalized spacial score (nSPS) is 18.5. The zero-order chi connectivity index (χ0) is 29.9. The molecular weight excluding hydrogens is 506 g/mol. The minimum Gasteiger partial charge on any atom is -0.348 e. The Bertz CT molecular complexity index is 579. The van der Waals surface area contributed by atoms with Crippen LogP contribution in [-0.4, -0.2) is 30.4 Å². The van der Waals surface area contributed by atoms with Gasteiger partial charge in [-0.1, -0.05) is 174 Å². The largest absolute Gasteiger partial charge is 0.348 e. The molecule has 0 radical (unpaired) electrons. The number of carbonyl (C=O) groups excluding carboxylic acids is 1. The highest BCUT2D eigenvalue weighted by Crippen LogP contribution is 2.26. The first-order chi connectivity index (χ1) is 20.0. The third kappa shape index (κ3) is 23.5. The highest BCUT2D eigenvalue weighted by Gasteiger charge is 2.36. The summed E-state index contributed by atoms with van der Waals surface area (Å²) >= 11 is 0. The van der Waals surface area contributed by atoms with Crippen molar-refractivity contribution in [3.05, 3.63) is 0 Å². The molecule has 1 saturated heterocycles. The summed E-state index contributed by atoms with van der Waals surface area (Å²) in [6.07, 6.45) is 36.7. The van der Waals surface area contributed by atoms with Crippen LogP contribution in [0.5, 0.6) is 0 Å². The van der Waals surface area contributed by atoms with Gasteiger partial charge in [0.1, 0.15) is 0 Å². The van der Waals surface area contributed by atoms with Gasteiger partial charge < -0.3 is 14.8 Å². The molecule has 0 unspecified atom stereocenters. The summed E-state index contributed by atoms with van der Waals surface area (Å²) in [6.45, 7) is 9.11. The van der Waals surface area contributed by atoms with Crippen LogP contribution in [0.2, 0.25) is 0 Å². The van der Waals surface area contributed by atoms with E-state index in [0.29, 0.717) is 13.0 Å². The van der Waals surface area contributed by atoms with Gasteiger partial charge in [0.2, 0.25) is 5.91 Å². The molecule has 1 fully saturated rings. The van der Waals surface area contributed by atoms with Crippen molar-refractivity contribution in [2.45, 2.75) is 225 Å². The van der Waals surface area contributed by atoms with Gasteiger partial charge in [-0.25, -0.2) is 0 Å². The molecule has 2 atom stereocenters. The van der Waals surface area contributed by atoms with Crippen LogP contribution in [0.15, 0.2) is 0 Å². The van der Waals surface area contributed by atoms with Crippen LogP contribution in [0, 0.1) is 0 Å². The number of hydrogen-bond donors (Lipinski definition) is 1. The molecule has 1 N–H and O–H groups in total. The van der Waals surface area contributed by atoms with Crippen LogP contribution in [0.4, 0.5) is 0 Å². The zero-order valence-electron chi connectivity index (χ0n) is 28.4. The van der Waals surface area contributed by atoms with Gasteiger partial charge in [-0.3, -0.25) is 4.79 Å². The molecule has 244 valence electrons. The van der Waals surface area contributed by atoms with E-state index in [2.05, 4.69) is 19.2 Å².